The summed E-state index contributed by atoms with van der Waals surface area (Å²) in [4.78, 5) is 0.462. The minimum absolute atomic E-state index is 0.000856. The molecule has 2 aromatic carbocycles. The van der Waals surface area contributed by atoms with E-state index in [4.69, 9.17) is 5.73 Å². The van der Waals surface area contributed by atoms with Crippen LogP contribution >= 0.6 is 15.9 Å². The van der Waals surface area contributed by atoms with Crippen LogP contribution in [-0.2, 0) is 9.84 Å². The smallest absolute Gasteiger partial charge is 0.179 e. The fourth-order valence-corrected chi connectivity index (χ4v) is 5.43. The molecule has 5 heteroatoms. The van der Waals surface area contributed by atoms with Crippen molar-refractivity contribution in [2.45, 2.75) is 16.7 Å². The third kappa shape index (κ3) is 2.65. The molecule has 2 N–H and O–H groups in total. The van der Waals surface area contributed by atoms with Gasteiger partial charge in [-0.15, -0.1) is 0 Å². The predicted octanol–water partition coefficient (Wildman–Crippen LogP) is 3.06. The first-order valence-electron chi connectivity index (χ1n) is 6.80. The third-order valence-corrected chi connectivity index (χ3v) is 6.40. The number of hydrogen-bond acceptors (Lipinski definition) is 3. The van der Waals surface area contributed by atoms with Gasteiger partial charge in [0.15, 0.2) is 9.84 Å². The molecule has 2 aromatic rings. The predicted molar refractivity (Wildman–Crippen MR) is 87.2 cm³/mol. The molecule has 0 fully saturated rings. The van der Waals surface area contributed by atoms with Gasteiger partial charge in [-0.25, -0.2) is 8.42 Å². The van der Waals surface area contributed by atoms with Crippen molar-refractivity contribution >= 4 is 25.8 Å². The van der Waals surface area contributed by atoms with Gasteiger partial charge in [-0.1, -0.05) is 46.3 Å². The van der Waals surface area contributed by atoms with Gasteiger partial charge in [0, 0.05) is 16.3 Å². The lowest BCUT2D eigenvalue weighted by molar-refractivity contribution is 0.573. The van der Waals surface area contributed by atoms with Crippen LogP contribution in [0, 0.1) is 0 Å². The second-order valence-electron chi connectivity index (χ2n) is 5.32. The van der Waals surface area contributed by atoms with E-state index in [0.29, 0.717) is 11.4 Å². The summed E-state index contributed by atoms with van der Waals surface area (Å²) in [6.45, 7) is 0.422. The number of sulfone groups is 1. The van der Waals surface area contributed by atoms with Crippen molar-refractivity contribution in [3.05, 3.63) is 64.1 Å². The Hall–Kier alpha value is -1.17. The topological polar surface area (TPSA) is 60.2 Å². The highest BCUT2D eigenvalue weighted by molar-refractivity contribution is 9.10. The van der Waals surface area contributed by atoms with Gasteiger partial charge in [-0.2, -0.15) is 0 Å². The number of fused-ring (bicyclic) bond motifs is 1. The van der Waals surface area contributed by atoms with Crippen molar-refractivity contribution < 1.29 is 8.42 Å². The standard InChI is InChI=1S/C16H16BrNO2S/c17-12-5-3-4-11(8-12)14(9-18)15-10-21(19,20)16-7-2-1-6-13(15)16/h1-8,14-15H,9-10,18H2. The lowest BCUT2D eigenvalue weighted by Crippen LogP contribution is -2.21. The monoisotopic (exact) mass is 365 g/mol. The number of rotatable bonds is 3. The zero-order valence-corrected chi connectivity index (χ0v) is 13.8. The fourth-order valence-electron chi connectivity index (χ4n) is 3.09. The zero-order chi connectivity index (χ0) is 15.0. The van der Waals surface area contributed by atoms with Crippen LogP contribution in [0.5, 0.6) is 0 Å². The van der Waals surface area contributed by atoms with E-state index in [1.807, 2.05) is 36.4 Å². The quantitative estimate of drug-likeness (QED) is 0.908. The van der Waals surface area contributed by atoms with Gasteiger partial charge >= 0.3 is 0 Å². The molecule has 0 radical (unpaired) electrons. The summed E-state index contributed by atoms with van der Waals surface area (Å²) in [5.74, 6) is 0.0622. The molecular weight excluding hydrogens is 350 g/mol. The van der Waals surface area contributed by atoms with E-state index < -0.39 is 9.84 Å². The molecule has 1 aliphatic heterocycles. The summed E-state index contributed by atoms with van der Waals surface area (Å²) in [6, 6.07) is 15.2. The normalized spacial score (nSPS) is 21.0. The molecule has 0 amide bonds. The Balaban J connectivity index is 2.08. The number of nitrogens with two attached hydrogens (primary N) is 1. The summed E-state index contributed by atoms with van der Waals surface area (Å²) in [5.41, 5.74) is 7.94. The molecular formula is C16H16BrNO2S. The van der Waals surface area contributed by atoms with Gasteiger partial charge in [0.2, 0.25) is 0 Å². The van der Waals surface area contributed by atoms with Crippen molar-refractivity contribution in [1.82, 2.24) is 0 Å². The van der Waals surface area contributed by atoms with Crippen molar-refractivity contribution in [2.24, 2.45) is 5.73 Å². The maximum absolute atomic E-state index is 12.3. The van der Waals surface area contributed by atoms with Crippen molar-refractivity contribution in [1.29, 1.82) is 0 Å². The van der Waals surface area contributed by atoms with E-state index in [-0.39, 0.29) is 17.6 Å². The van der Waals surface area contributed by atoms with Gasteiger partial charge in [0.1, 0.15) is 0 Å². The maximum atomic E-state index is 12.3. The molecule has 0 aromatic heterocycles. The molecule has 1 heterocycles. The van der Waals surface area contributed by atoms with E-state index in [1.54, 1.807) is 12.1 Å². The zero-order valence-electron chi connectivity index (χ0n) is 11.4. The van der Waals surface area contributed by atoms with Crippen LogP contribution in [0.25, 0.3) is 0 Å². The molecule has 3 rings (SSSR count). The number of benzene rings is 2. The Kier molecular flexibility index (Phi) is 3.90. The molecule has 2 unspecified atom stereocenters. The molecule has 21 heavy (non-hydrogen) atoms. The van der Waals surface area contributed by atoms with Gasteiger partial charge in [-0.05, 0) is 35.9 Å². The van der Waals surface area contributed by atoms with Gasteiger partial charge < -0.3 is 5.73 Å². The van der Waals surface area contributed by atoms with E-state index in [2.05, 4.69) is 15.9 Å². The molecule has 1 aliphatic rings. The largest absolute Gasteiger partial charge is 0.330 e. The van der Waals surface area contributed by atoms with Crippen molar-refractivity contribution in [3.8, 4) is 0 Å². The lowest BCUT2D eigenvalue weighted by Gasteiger charge is -2.22. The number of hydrogen-bond donors (Lipinski definition) is 1. The van der Waals surface area contributed by atoms with E-state index in [1.165, 1.54) is 0 Å². The van der Waals surface area contributed by atoms with E-state index in [9.17, 15) is 8.42 Å². The summed E-state index contributed by atoms with van der Waals surface area (Å²) in [5, 5.41) is 0. The molecule has 0 saturated carbocycles. The van der Waals surface area contributed by atoms with Gasteiger partial charge in [0.25, 0.3) is 0 Å². The second-order valence-corrected chi connectivity index (χ2v) is 8.24. The van der Waals surface area contributed by atoms with E-state index >= 15 is 0 Å². The highest BCUT2D eigenvalue weighted by Crippen LogP contribution is 2.43. The van der Waals surface area contributed by atoms with Crippen molar-refractivity contribution in [2.75, 3.05) is 12.3 Å². The highest BCUT2D eigenvalue weighted by atomic mass is 79.9. The Morgan fingerprint density at radius 1 is 1.19 bits per heavy atom. The average Bonchev–Trinajstić information content (AvgIpc) is 2.73. The highest BCUT2D eigenvalue weighted by Gasteiger charge is 2.38. The summed E-state index contributed by atoms with van der Waals surface area (Å²) in [6.07, 6.45) is 0. The first-order chi connectivity index (χ1) is 10.0. The minimum Gasteiger partial charge on any atom is -0.330 e. The summed E-state index contributed by atoms with van der Waals surface area (Å²) < 4.78 is 25.6. The van der Waals surface area contributed by atoms with Crippen LogP contribution in [0.1, 0.15) is 23.0 Å². The maximum Gasteiger partial charge on any atom is 0.179 e. The Morgan fingerprint density at radius 2 is 1.95 bits per heavy atom. The SMILES string of the molecule is NCC(c1cccc(Br)c1)C1CS(=O)(=O)c2ccccc21. The van der Waals surface area contributed by atoms with Crippen LogP contribution in [0.3, 0.4) is 0 Å². The third-order valence-electron chi connectivity index (χ3n) is 4.07. The second kappa shape index (κ2) is 5.55. The van der Waals surface area contributed by atoms with E-state index in [0.717, 1.165) is 15.6 Å². The molecule has 0 saturated heterocycles. The first kappa shape index (κ1) is 14.8. The molecule has 0 bridgehead atoms. The molecule has 0 aliphatic carbocycles. The number of halogens is 1. The van der Waals surface area contributed by atoms with Gasteiger partial charge in [0.05, 0.1) is 10.6 Å². The Morgan fingerprint density at radius 3 is 2.67 bits per heavy atom. The lowest BCUT2D eigenvalue weighted by atomic mass is 9.83. The van der Waals surface area contributed by atoms with Crippen LogP contribution in [0.4, 0.5) is 0 Å². The van der Waals surface area contributed by atoms with Crippen LogP contribution in [0.2, 0.25) is 0 Å². The fraction of sp³-hybridized carbons (Fsp3) is 0.250. The Bertz CT molecular complexity index is 773. The molecule has 2 atom stereocenters. The Labute approximate surface area is 133 Å². The minimum atomic E-state index is -3.20. The molecule has 110 valence electrons. The van der Waals surface area contributed by atoms with Crippen LogP contribution in [0.15, 0.2) is 57.9 Å². The van der Waals surface area contributed by atoms with Crippen LogP contribution < -0.4 is 5.73 Å². The summed E-state index contributed by atoms with van der Waals surface area (Å²) in [7, 11) is -3.20. The molecule has 0 spiro atoms. The van der Waals surface area contributed by atoms with Crippen LogP contribution in [-0.4, -0.2) is 20.7 Å². The summed E-state index contributed by atoms with van der Waals surface area (Å²) >= 11 is 3.46. The molecule has 3 nitrogen and oxygen atoms in total. The average molecular weight is 366 g/mol. The van der Waals surface area contributed by atoms with Crippen molar-refractivity contribution in [3.63, 3.8) is 0 Å². The first-order valence-corrected chi connectivity index (χ1v) is 9.24. The van der Waals surface area contributed by atoms with Gasteiger partial charge in [-0.3, -0.25) is 0 Å².